The highest BCUT2D eigenvalue weighted by Crippen LogP contribution is 1.91. The maximum Gasteiger partial charge on any atom is 0.269 e. The van der Waals surface area contributed by atoms with Crippen LogP contribution in [0.2, 0.25) is 0 Å². The average Bonchev–Trinajstić information content (AvgIpc) is 2.35. The minimum Gasteiger partial charge on any atom is -0.353 e. The molecule has 86 valence electrons. The molecule has 0 unspecified atom stereocenters. The van der Waals surface area contributed by atoms with Gasteiger partial charge in [0.15, 0.2) is 0 Å². The molecule has 2 N–H and O–H groups in total. The lowest BCUT2D eigenvalue weighted by Crippen LogP contribution is -2.35. The molecule has 1 heterocycles. The molecule has 16 heavy (non-hydrogen) atoms. The number of halogens is 1. The van der Waals surface area contributed by atoms with E-state index in [1.165, 1.54) is 0 Å². The van der Waals surface area contributed by atoms with Gasteiger partial charge in [0.25, 0.3) is 5.91 Å². The molecule has 0 saturated carbocycles. The molecule has 1 aromatic rings. The molecule has 0 spiro atoms. The molecule has 0 radical (unpaired) electrons. The van der Waals surface area contributed by atoms with E-state index < -0.39 is 0 Å². The number of carbonyl (C=O) groups excluding carboxylic acids is 2. The summed E-state index contributed by atoms with van der Waals surface area (Å²) in [7, 11) is 0. The molecular weight excluding hydrogens is 230 g/mol. The molecule has 0 aliphatic heterocycles. The Bertz CT molecular complexity index is 356. The summed E-state index contributed by atoms with van der Waals surface area (Å²) in [5, 5.41) is 5.15. The molecule has 0 aromatic carbocycles. The van der Waals surface area contributed by atoms with Crippen molar-refractivity contribution in [3.8, 4) is 0 Å². The number of carbonyl (C=O) groups is 2. The Morgan fingerprint density at radius 2 is 2.00 bits per heavy atom. The highest BCUT2D eigenvalue weighted by Gasteiger charge is 2.04. The number of hydrogen-bond donors (Lipinski definition) is 2. The van der Waals surface area contributed by atoms with Crippen molar-refractivity contribution < 1.29 is 9.59 Å². The fourth-order valence-corrected chi connectivity index (χ4v) is 1.11. The van der Waals surface area contributed by atoms with Crippen LogP contribution < -0.4 is 10.6 Å². The van der Waals surface area contributed by atoms with Gasteiger partial charge in [0.1, 0.15) is 11.6 Å². The molecule has 1 aromatic heterocycles. The second kappa shape index (κ2) is 6.79. The molecule has 0 aliphatic carbocycles. The summed E-state index contributed by atoms with van der Waals surface area (Å²) in [5.41, 5.74) is 0.353. The van der Waals surface area contributed by atoms with E-state index in [-0.39, 0.29) is 17.7 Å². The molecule has 0 fully saturated rings. The molecule has 0 bridgehead atoms. The highest BCUT2D eigenvalue weighted by molar-refractivity contribution is 6.27. The standard InChI is InChI=1S/C10H12ClN3O2/c11-7-9(15)13-5-6-14-10(16)8-3-1-2-4-12-8/h1-4H,5-7H2,(H,13,15)(H,14,16). The van der Waals surface area contributed by atoms with Crippen LogP contribution in [0.15, 0.2) is 24.4 Å². The second-order valence-electron chi connectivity index (χ2n) is 2.95. The van der Waals surface area contributed by atoms with Crippen molar-refractivity contribution >= 4 is 23.4 Å². The molecule has 5 nitrogen and oxygen atoms in total. The number of rotatable bonds is 5. The van der Waals surface area contributed by atoms with Gasteiger partial charge in [-0.05, 0) is 12.1 Å². The van der Waals surface area contributed by atoms with E-state index >= 15 is 0 Å². The Morgan fingerprint density at radius 3 is 2.62 bits per heavy atom. The Kier molecular flexibility index (Phi) is 5.28. The van der Waals surface area contributed by atoms with Crippen LogP contribution in [0.3, 0.4) is 0 Å². The molecule has 0 saturated heterocycles. The quantitative estimate of drug-likeness (QED) is 0.570. The normalized spacial score (nSPS) is 9.56. The third kappa shape index (κ3) is 4.27. The fourth-order valence-electron chi connectivity index (χ4n) is 1.01. The number of alkyl halides is 1. The summed E-state index contributed by atoms with van der Waals surface area (Å²) in [4.78, 5) is 26.1. The number of hydrogen-bond acceptors (Lipinski definition) is 3. The van der Waals surface area contributed by atoms with Crippen LogP contribution in [-0.2, 0) is 4.79 Å². The first-order valence-corrected chi connectivity index (χ1v) is 5.29. The van der Waals surface area contributed by atoms with Crippen LogP contribution in [0.5, 0.6) is 0 Å². The average molecular weight is 242 g/mol. The van der Waals surface area contributed by atoms with Gasteiger partial charge in [-0.25, -0.2) is 0 Å². The van der Waals surface area contributed by atoms with Crippen molar-refractivity contribution in [3.63, 3.8) is 0 Å². The second-order valence-corrected chi connectivity index (χ2v) is 3.22. The van der Waals surface area contributed by atoms with Gasteiger partial charge in [-0.15, -0.1) is 11.6 Å². The van der Waals surface area contributed by atoms with Gasteiger partial charge in [0.2, 0.25) is 5.91 Å². The summed E-state index contributed by atoms with van der Waals surface area (Å²) in [5.74, 6) is -0.594. The summed E-state index contributed by atoms with van der Waals surface area (Å²) in [6.07, 6.45) is 1.55. The highest BCUT2D eigenvalue weighted by atomic mass is 35.5. The van der Waals surface area contributed by atoms with Gasteiger partial charge in [0, 0.05) is 19.3 Å². The van der Waals surface area contributed by atoms with Crippen molar-refractivity contribution in [3.05, 3.63) is 30.1 Å². The van der Waals surface area contributed by atoms with E-state index in [4.69, 9.17) is 11.6 Å². The Hall–Kier alpha value is -1.62. The van der Waals surface area contributed by atoms with Gasteiger partial charge >= 0.3 is 0 Å². The molecule has 0 atom stereocenters. The van der Waals surface area contributed by atoms with Crippen LogP contribution in [0, 0.1) is 0 Å². The maximum absolute atomic E-state index is 11.4. The van der Waals surface area contributed by atoms with Crippen LogP contribution in [0.4, 0.5) is 0 Å². The van der Waals surface area contributed by atoms with Crippen molar-refractivity contribution in [2.75, 3.05) is 19.0 Å². The number of amides is 2. The Morgan fingerprint density at radius 1 is 1.25 bits per heavy atom. The number of nitrogens with one attached hydrogen (secondary N) is 2. The largest absolute Gasteiger partial charge is 0.353 e. The third-order valence-electron chi connectivity index (χ3n) is 1.75. The van der Waals surface area contributed by atoms with E-state index in [1.54, 1.807) is 24.4 Å². The molecular formula is C10H12ClN3O2. The summed E-state index contributed by atoms with van der Waals surface area (Å²) >= 11 is 5.28. The zero-order valence-corrected chi connectivity index (χ0v) is 9.33. The van der Waals surface area contributed by atoms with Crippen LogP contribution in [0.1, 0.15) is 10.5 Å². The first-order valence-electron chi connectivity index (χ1n) is 4.76. The number of aromatic nitrogens is 1. The third-order valence-corrected chi connectivity index (χ3v) is 1.99. The first-order chi connectivity index (χ1) is 7.74. The SMILES string of the molecule is O=C(CCl)NCCNC(=O)c1ccccn1. The monoisotopic (exact) mass is 241 g/mol. The van der Waals surface area contributed by atoms with Gasteiger partial charge in [-0.1, -0.05) is 6.07 Å². The maximum atomic E-state index is 11.4. The van der Waals surface area contributed by atoms with Crippen molar-refractivity contribution in [1.82, 2.24) is 15.6 Å². The zero-order valence-electron chi connectivity index (χ0n) is 8.57. The topological polar surface area (TPSA) is 71.1 Å². The van der Waals surface area contributed by atoms with E-state index in [2.05, 4.69) is 15.6 Å². The number of nitrogens with zero attached hydrogens (tertiary/aromatic N) is 1. The van der Waals surface area contributed by atoms with Crippen LogP contribution in [0.25, 0.3) is 0 Å². The lowest BCUT2D eigenvalue weighted by molar-refractivity contribution is -0.118. The summed E-state index contributed by atoms with van der Waals surface area (Å²) in [6, 6.07) is 5.08. The predicted molar refractivity (Wildman–Crippen MR) is 60.3 cm³/mol. The van der Waals surface area contributed by atoms with Crippen molar-refractivity contribution in [2.45, 2.75) is 0 Å². The van der Waals surface area contributed by atoms with Crippen molar-refractivity contribution in [1.29, 1.82) is 0 Å². The summed E-state index contributed by atoms with van der Waals surface area (Å²) < 4.78 is 0. The lowest BCUT2D eigenvalue weighted by Gasteiger charge is -2.05. The fraction of sp³-hybridized carbons (Fsp3) is 0.300. The van der Waals surface area contributed by atoms with Crippen LogP contribution >= 0.6 is 11.6 Å². The lowest BCUT2D eigenvalue weighted by atomic mass is 10.3. The van der Waals surface area contributed by atoms with E-state index in [0.29, 0.717) is 18.8 Å². The molecule has 0 aliphatic rings. The molecule has 2 amide bonds. The molecule has 6 heteroatoms. The first kappa shape index (κ1) is 12.4. The van der Waals surface area contributed by atoms with Crippen molar-refractivity contribution in [2.24, 2.45) is 0 Å². The Balaban J connectivity index is 2.24. The van der Waals surface area contributed by atoms with Gasteiger partial charge in [-0.2, -0.15) is 0 Å². The van der Waals surface area contributed by atoms with E-state index in [9.17, 15) is 9.59 Å². The van der Waals surface area contributed by atoms with Gasteiger partial charge in [-0.3, -0.25) is 14.6 Å². The summed E-state index contributed by atoms with van der Waals surface area (Å²) in [6.45, 7) is 0.697. The zero-order chi connectivity index (χ0) is 11.8. The molecule has 1 rings (SSSR count). The Labute approximate surface area is 98.2 Å². The van der Waals surface area contributed by atoms with E-state index in [0.717, 1.165) is 0 Å². The predicted octanol–water partition coefficient (Wildman–Crippen LogP) is 0.166. The van der Waals surface area contributed by atoms with Crippen LogP contribution in [-0.4, -0.2) is 35.8 Å². The van der Waals surface area contributed by atoms with E-state index in [1.807, 2.05) is 0 Å². The number of pyridine rings is 1. The smallest absolute Gasteiger partial charge is 0.269 e. The minimum absolute atomic E-state index is 0.0752. The van der Waals surface area contributed by atoms with Gasteiger partial charge in [0.05, 0.1) is 0 Å². The van der Waals surface area contributed by atoms with Gasteiger partial charge < -0.3 is 10.6 Å². The minimum atomic E-state index is -0.263.